The van der Waals surface area contributed by atoms with Crippen LogP contribution in [-0.2, 0) is 6.42 Å². The lowest BCUT2D eigenvalue weighted by Gasteiger charge is -2.20. The highest BCUT2D eigenvalue weighted by Crippen LogP contribution is 2.25. The molecule has 0 bridgehead atoms. The van der Waals surface area contributed by atoms with Gasteiger partial charge in [0.1, 0.15) is 6.26 Å². The highest BCUT2D eigenvalue weighted by Gasteiger charge is 2.21. The first-order valence-electron chi connectivity index (χ1n) is 6.80. The molecule has 4 nitrogen and oxygen atoms in total. The SMILES string of the molecule is c1oc(CC2CCCN2)nc1C1CCNCC1. The number of oxazole rings is 1. The number of aromatic nitrogens is 1. The Bertz CT molecular complexity index is 351. The van der Waals surface area contributed by atoms with Gasteiger partial charge in [0.15, 0.2) is 5.89 Å². The molecule has 1 atom stereocenters. The molecule has 0 radical (unpaired) electrons. The molecule has 1 aromatic rings. The molecule has 2 fully saturated rings. The van der Waals surface area contributed by atoms with Gasteiger partial charge in [0.05, 0.1) is 5.69 Å². The molecular weight excluding hydrogens is 214 g/mol. The van der Waals surface area contributed by atoms with Crippen LogP contribution in [0.3, 0.4) is 0 Å². The average Bonchev–Trinajstić information content (AvgIpc) is 3.02. The molecule has 2 aliphatic rings. The van der Waals surface area contributed by atoms with E-state index in [1.54, 1.807) is 0 Å². The van der Waals surface area contributed by atoms with Gasteiger partial charge in [-0.15, -0.1) is 0 Å². The molecule has 0 aliphatic carbocycles. The number of hydrogen-bond donors (Lipinski definition) is 2. The molecule has 4 heteroatoms. The highest BCUT2D eigenvalue weighted by atomic mass is 16.3. The molecule has 3 rings (SSSR count). The summed E-state index contributed by atoms with van der Waals surface area (Å²) in [5.74, 6) is 1.52. The lowest BCUT2D eigenvalue weighted by molar-refractivity contribution is 0.448. The highest BCUT2D eigenvalue weighted by molar-refractivity contribution is 5.06. The third kappa shape index (κ3) is 2.69. The Morgan fingerprint density at radius 2 is 2.12 bits per heavy atom. The molecule has 94 valence electrons. The Kier molecular flexibility index (Phi) is 3.43. The summed E-state index contributed by atoms with van der Waals surface area (Å²) < 4.78 is 5.61. The summed E-state index contributed by atoms with van der Waals surface area (Å²) in [7, 11) is 0. The maximum Gasteiger partial charge on any atom is 0.195 e. The van der Waals surface area contributed by atoms with Crippen LogP contribution in [0.15, 0.2) is 10.7 Å². The van der Waals surface area contributed by atoms with Gasteiger partial charge in [0.25, 0.3) is 0 Å². The van der Waals surface area contributed by atoms with Gasteiger partial charge in [-0.3, -0.25) is 0 Å². The molecule has 0 saturated carbocycles. The van der Waals surface area contributed by atoms with Gasteiger partial charge in [0, 0.05) is 18.4 Å². The summed E-state index contributed by atoms with van der Waals surface area (Å²) in [5, 5.41) is 6.87. The second kappa shape index (κ2) is 5.19. The molecule has 3 heterocycles. The fourth-order valence-corrected chi connectivity index (χ4v) is 2.87. The third-order valence-corrected chi connectivity index (χ3v) is 3.91. The van der Waals surface area contributed by atoms with Crippen molar-refractivity contribution >= 4 is 0 Å². The lowest BCUT2D eigenvalue weighted by Crippen LogP contribution is -2.27. The van der Waals surface area contributed by atoms with Crippen molar-refractivity contribution in [2.45, 2.75) is 44.1 Å². The van der Waals surface area contributed by atoms with E-state index < -0.39 is 0 Å². The van der Waals surface area contributed by atoms with E-state index >= 15 is 0 Å². The van der Waals surface area contributed by atoms with E-state index in [1.165, 1.54) is 31.4 Å². The van der Waals surface area contributed by atoms with Crippen molar-refractivity contribution in [3.63, 3.8) is 0 Å². The van der Waals surface area contributed by atoms with Crippen molar-refractivity contribution in [1.29, 1.82) is 0 Å². The van der Waals surface area contributed by atoms with Crippen molar-refractivity contribution < 1.29 is 4.42 Å². The first kappa shape index (κ1) is 11.2. The van der Waals surface area contributed by atoms with Crippen LogP contribution in [0.2, 0.25) is 0 Å². The quantitative estimate of drug-likeness (QED) is 0.832. The fourth-order valence-electron chi connectivity index (χ4n) is 2.87. The summed E-state index contributed by atoms with van der Waals surface area (Å²) in [5.41, 5.74) is 1.17. The second-order valence-corrected chi connectivity index (χ2v) is 5.19. The van der Waals surface area contributed by atoms with Crippen molar-refractivity contribution in [3.05, 3.63) is 17.8 Å². The summed E-state index contributed by atoms with van der Waals surface area (Å²) in [4.78, 5) is 4.66. The van der Waals surface area contributed by atoms with E-state index in [4.69, 9.17) is 4.42 Å². The summed E-state index contributed by atoms with van der Waals surface area (Å²) in [6.07, 6.45) is 7.74. The number of rotatable bonds is 3. The fraction of sp³-hybridized carbons (Fsp3) is 0.769. The minimum Gasteiger partial charge on any atom is -0.449 e. The van der Waals surface area contributed by atoms with Gasteiger partial charge in [-0.25, -0.2) is 4.98 Å². The predicted molar refractivity (Wildman–Crippen MR) is 66.1 cm³/mol. The average molecular weight is 235 g/mol. The van der Waals surface area contributed by atoms with E-state index in [2.05, 4.69) is 15.6 Å². The van der Waals surface area contributed by atoms with Crippen molar-refractivity contribution in [2.24, 2.45) is 0 Å². The summed E-state index contributed by atoms with van der Waals surface area (Å²) >= 11 is 0. The minimum absolute atomic E-state index is 0.578. The van der Waals surface area contributed by atoms with Gasteiger partial charge in [0.2, 0.25) is 0 Å². The Morgan fingerprint density at radius 1 is 1.24 bits per heavy atom. The van der Waals surface area contributed by atoms with Crippen LogP contribution in [0.1, 0.15) is 43.2 Å². The smallest absolute Gasteiger partial charge is 0.195 e. The van der Waals surface area contributed by atoms with Crippen LogP contribution in [0.4, 0.5) is 0 Å². The molecule has 0 spiro atoms. The second-order valence-electron chi connectivity index (χ2n) is 5.19. The summed E-state index contributed by atoms with van der Waals surface area (Å²) in [6, 6.07) is 0.578. The summed E-state index contributed by atoms with van der Waals surface area (Å²) in [6.45, 7) is 3.36. The first-order chi connectivity index (χ1) is 8.42. The van der Waals surface area contributed by atoms with Crippen LogP contribution >= 0.6 is 0 Å². The van der Waals surface area contributed by atoms with Crippen LogP contribution in [0, 0.1) is 0 Å². The zero-order chi connectivity index (χ0) is 11.5. The zero-order valence-electron chi connectivity index (χ0n) is 10.2. The van der Waals surface area contributed by atoms with Crippen LogP contribution in [0.25, 0.3) is 0 Å². The standard InChI is InChI=1S/C13H21N3O/c1-2-11(15-5-1)8-13-16-12(9-17-13)10-3-6-14-7-4-10/h9-11,14-15H,1-8H2. The Balaban J connectivity index is 1.60. The van der Waals surface area contributed by atoms with E-state index in [0.29, 0.717) is 12.0 Å². The van der Waals surface area contributed by atoms with Gasteiger partial charge in [-0.05, 0) is 45.3 Å². The van der Waals surface area contributed by atoms with Gasteiger partial charge < -0.3 is 15.1 Å². The predicted octanol–water partition coefficient (Wildman–Crippen LogP) is 1.44. The maximum absolute atomic E-state index is 5.61. The Labute approximate surface area is 102 Å². The van der Waals surface area contributed by atoms with E-state index in [0.717, 1.165) is 31.9 Å². The number of hydrogen-bond acceptors (Lipinski definition) is 4. The molecule has 2 saturated heterocycles. The normalized spacial score (nSPS) is 26.5. The van der Waals surface area contributed by atoms with Crippen molar-refractivity contribution in [1.82, 2.24) is 15.6 Å². The Morgan fingerprint density at radius 3 is 2.88 bits per heavy atom. The van der Waals surface area contributed by atoms with Gasteiger partial charge in [-0.2, -0.15) is 0 Å². The van der Waals surface area contributed by atoms with Crippen molar-refractivity contribution in [2.75, 3.05) is 19.6 Å². The molecule has 0 aromatic carbocycles. The zero-order valence-corrected chi connectivity index (χ0v) is 10.2. The maximum atomic E-state index is 5.61. The number of nitrogens with one attached hydrogen (secondary N) is 2. The topological polar surface area (TPSA) is 50.1 Å². The molecule has 2 N–H and O–H groups in total. The molecule has 17 heavy (non-hydrogen) atoms. The van der Waals surface area contributed by atoms with Crippen LogP contribution in [-0.4, -0.2) is 30.7 Å². The lowest BCUT2D eigenvalue weighted by atomic mass is 9.95. The molecule has 1 aromatic heterocycles. The molecule has 0 amide bonds. The molecular formula is C13H21N3O. The van der Waals surface area contributed by atoms with Crippen LogP contribution in [0.5, 0.6) is 0 Å². The first-order valence-corrected chi connectivity index (χ1v) is 6.80. The molecule has 2 aliphatic heterocycles. The van der Waals surface area contributed by atoms with Gasteiger partial charge >= 0.3 is 0 Å². The molecule has 1 unspecified atom stereocenters. The largest absolute Gasteiger partial charge is 0.449 e. The third-order valence-electron chi connectivity index (χ3n) is 3.91. The van der Waals surface area contributed by atoms with E-state index in [-0.39, 0.29) is 0 Å². The number of nitrogens with zero attached hydrogens (tertiary/aromatic N) is 1. The minimum atomic E-state index is 0.578. The van der Waals surface area contributed by atoms with E-state index in [9.17, 15) is 0 Å². The van der Waals surface area contributed by atoms with Gasteiger partial charge in [-0.1, -0.05) is 0 Å². The monoisotopic (exact) mass is 235 g/mol. The Hall–Kier alpha value is -0.870. The van der Waals surface area contributed by atoms with Crippen LogP contribution < -0.4 is 10.6 Å². The van der Waals surface area contributed by atoms with E-state index in [1.807, 2.05) is 6.26 Å². The number of piperidine rings is 1. The van der Waals surface area contributed by atoms with Crippen molar-refractivity contribution in [3.8, 4) is 0 Å².